The Bertz CT molecular complexity index is 685. The number of phenolic OH excluding ortho intramolecular Hbond substituents is 3. The Balaban J connectivity index is 1.74. The summed E-state index contributed by atoms with van der Waals surface area (Å²) in [5.41, 5.74) is 0.500. The van der Waals surface area contributed by atoms with Gasteiger partial charge in [-0.3, -0.25) is 0 Å². The Kier molecular flexibility index (Phi) is 8.79. The zero-order valence-electron chi connectivity index (χ0n) is 16.2. The van der Waals surface area contributed by atoms with E-state index in [4.69, 9.17) is 0 Å². The number of benzene rings is 1. The fraction of sp³-hybridized carbons (Fsp3) is 0.545. The molecule has 5 heteroatoms. The molecule has 1 aromatic carbocycles. The first-order valence-electron chi connectivity index (χ1n) is 10.1. The van der Waals surface area contributed by atoms with Gasteiger partial charge in [0.15, 0.2) is 17.2 Å². The highest BCUT2D eigenvalue weighted by molar-refractivity contribution is 7.15. The van der Waals surface area contributed by atoms with Gasteiger partial charge in [-0.25, -0.2) is 0 Å². The number of thiophene rings is 1. The second-order valence-corrected chi connectivity index (χ2v) is 8.36. The topological polar surface area (TPSA) is 80.9 Å². The molecule has 0 aliphatic carbocycles. The lowest BCUT2D eigenvalue weighted by Crippen LogP contribution is -1.84. The smallest absolute Gasteiger partial charge is 0.200 e. The summed E-state index contributed by atoms with van der Waals surface area (Å²) >= 11 is 1.46. The van der Waals surface area contributed by atoms with Crippen molar-refractivity contribution in [3.63, 3.8) is 0 Å². The van der Waals surface area contributed by atoms with Crippen molar-refractivity contribution in [2.75, 3.05) is 0 Å². The number of phenols is 3. The van der Waals surface area contributed by atoms with E-state index in [2.05, 4.69) is 6.92 Å². The number of hydrogen-bond acceptors (Lipinski definition) is 5. The van der Waals surface area contributed by atoms with E-state index in [0.29, 0.717) is 10.4 Å². The third-order valence-corrected chi connectivity index (χ3v) is 6.11. The summed E-state index contributed by atoms with van der Waals surface area (Å²) in [5.74, 6) is -1.19. The maximum absolute atomic E-state index is 10.2. The average Bonchev–Trinajstić information content (AvgIpc) is 3.01. The van der Waals surface area contributed by atoms with E-state index in [0.717, 1.165) is 17.7 Å². The fourth-order valence-corrected chi connectivity index (χ4v) is 4.36. The van der Waals surface area contributed by atoms with Gasteiger partial charge in [-0.2, -0.15) is 0 Å². The van der Waals surface area contributed by atoms with Crippen LogP contribution in [0.1, 0.15) is 76.0 Å². The number of hydrogen-bond donors (Lipinski definition) is 4. The fourth-order valence-electron chi connectivity index (χ4n) is 3.28. The van der Waals surface area contributed by atoms with Gasteiger partial charge in [-0.05, 0) is 31.0 Å². The summed E-state index contributed by atoms with van der Waals surface area (Å²) in [4.78, 5) is 1.69. The third kappa shape index (κ3) is 6.65. The van der Waals surface area contributed by atoms with Gasteiger partial charge in [0.2, 0.25) is 0 Å². The lowest BCUT2D eigenvalue weighted by molar-refractivity contribution is 0.368. The predicted octanol–water partition coefficient (Wildman–Crippen LogP) is 6.70. The maximum atomic E-state index is 10.2. The van der Waals surface area contributed by atoms with Crippen molar-refractivity contribution in [2.45, 2.75) is 77.6 Å². The molecule has 2 aromatic rings. The van der Waals surface area contributed by atoms with Crippen LogP contribution in [0.25, 0.3) is 10.4 Å². The zero-order chi connectivity index (χ0) is 19.6. The molecule has 0 radical (unpaired) electrons. The first-order chi connectivity index (χ1) is 13.0. The summed E-state index contributed by atoms with van der Waals surface area (Å²) < 4.78 is 0. The van der Waals surface area contributed by atoms with Crippen LogP contribution in [0.15, 0.2) is 18.2 Å². The Hall–Kier alpha value is -1.88. The molecule has 0 atom stereocenters. The Labute approximate surface area is 166 Å². The van der Waals surface area contributed by atoms with Gasteiger partial charge in [0.05, 0.1) is 4.88 Å². The lowest BCUT2D eigenvalue weighted by atomic mass is 10.1. The Morgan fingerprint density at radius 3 is 1.74 bits per heavy atom. The van der Waals surface area contributed by atoms with Crippen LogP contribution in [0.5, 0.6) is 23.0 Å². The summed E-state index contributed by atoms with van der Waals surface area (Å²) in [5, 5.41) is 38.9. The van der Waals surface area contributed by atoms with Gasteiger partial charge < -0.3 is 20.4 Å². The summed E-state index contributed by atoms with van der Waals surface area (Å²) in [6.45, 7) is 2.24. The molecule has 150 valence electrons. The van der Waals surface area contributed by atoms with Crippen LogP contribution in [0.3, 0.4) is 0 Å². The maximum Gasteiger partial charge on any atom is 0.200 e. The molecule has 0 spiro atoms. The van der Waals surface area contributed by atoms with Crippen molar-refractivity contribution in [3.05, 3.63) is 23.1 Å². The minimum atomic E-state index is -0.541. The van der Waals surface area contributed by atoms with Crippen LogP contribution in [0.2, 0.25) is 0 Å². The number of unbranched alkanes of at least 4 members (excludes halogenated alkanes) is 9. The molecule has 0 fully saturated rings. The molecule has 0 amide bonds. The molecule has 4 nitrogen and oxygen atoms in total. The Morgan fingerprint density at radius 1 is 0.667 bits per heavy atom. The molecule has 0 aliphatic heterocycles. The van der Waals surface area contributed by atoms with Crippen LogP contribution in [0, 0.1) is 0 Å². The monoisotopic (exact) mass is 392 g/mol. The minimum Gasteiger partial charge on any atom is -0.506 e. The van der Waals surface area contributed by atoms with Crippen molar-refractivity contribution in [1.29, 1.82) is 0 Å². The van der Waals surface area contributed by atoms with E-state index in [1.807, 2.05) is 0 Å². The van der Waals surface area contributed by atoms with E-state index in [1.165, 1.54) is 81.3 Å². The van der Waals surface area contributed by atoms with Gasteiger partial charge in [-0.15, -0.1) is 11.3 Å². The van der Waals surface area contributed by atoms with Gasteiger partial charge in [-0.1, -0.05) is 64.7 Å². The number of rotatable bonds is 12. The highest BCUT2D eigenvalue weighted by Gasteiger charge is 2.15. The van der Waals surface area contributed by atoms with Crippen molar-refractivity contribution >= 4 is 11.3 Å². The van der Waals surface area contributed by atoms with Crippen LogP contribution in [-0.4, -0.2) is 20.4 Å². The highest BCUT2D eigenvalue weighted by atomic mass is 32.1. The summed E-state index contributed by atoms with van der Waals surface area (Å²) in [7, 11) is 0. The number of aromatic hydroxyl groups is 4. The molecule has 0 bridgehead atoms. The van der Waals surface area contributed by atoms with Crippen molar-refractivity contribution < 1.29 is 20.4 Å². The third-order valence-electron chi connectivity index (χ3n) is 4.87. The van der Waals surface area contributed by atoms with E-state index in [1.54, 1.807) is 6.07 Å². The van der Waals surface area contributed by atoms with E-state index >= 15 is 0 Å². The van der Waals surface area contributed by atoms with Crippen molar-refractivity contribution in [2.24, 2.45) is 0 Å². The van der Waals surface area contributed by atoms with E-state index in [9.17, 15) is 20.4 Å². The SMILES string of the molecule is CCCCCCCCCCCCc1cc(O)c(-c2cc(O)c(O)c(O)c2)s1. The molecular weight excluding hydrogens is 360 g/mol. The average molecular weight is 393 g/mol. The number of aryl methyl sites for hydroxylation is 1. The van der Waals surface area contributed by atoms with Gasteiger partial charge in [0.25, 0.3) is 0 Å². The molecule has 0 unspecified atom stereocenters. The summed E-state index contributed by atoms with van der Waals surface area (Å²) in [6, 6.07) is 4.46. The van der Waals surface area contributed by atoms with E-state index < -0.39 is 17.2 Å². The standard InChI is InChI=1S/C22H32O4S/c1-2-3-4-5-6-7-8-9-10-11-12-17-15-20(25)22(27-17)16-13-18(23)21(26)19(24)14-16/h13-15,23-26H,2-12H2,1H3. The molecule has 0 saturated heterocycles. The molecule has 1 aromatic heterocycles. The van der Waals surface area contributed by atoms with Gasteiger partial charge in [0.1, 0.15) is 5.75 Å². The van der Waals surface area contributed by atoms with Crippen LogP contribution < -0.4 is 0 Å². The molecule has 0 saturated carbocycles. The van der Waals surface area contributed by atoms with Crippen LogP contribution in [-0.2, 0) is 6.42 Å². The lowest BCUT2D eigenvalue weighted by Gasteiger charge is -2.04. The van der Waals surface area contributed by atoms with Crippen molar-refractivity contribution in [3.8, 4) is 33.4 Å². The molecule has 4 N–H and O–H groups in total. The highest BCUT2D eigenvalue weighted by Crippen LogP contribution is 2.44. The molecular formula is C22H32O4S. The van der Waals surface area contributed by atoms with Gasteiger partial charge in [0, 0.05) is 10.4 Å². The molecule has 2 rings (SSSR count). The second kappa shape index (κ2) is 11.1. The van der Waals surface area contributed by atoms with Crippen molar-refractivity contribution in [1.82, 2.24) is 0 Å². The molecule has 1 heterocycles. The minimum absolute atomic E-state index is 0.145. The largest absolute Gasteiger partial charge is 0.506 e. The van der Waals surface area contributed by atoms with E-state index in [-0.39, 0.29) is 5.75 Å². The van der Waals surface area contributed by atoms with Gasteiger partial charge >= 0.3 is 0 Å². The molecule has 27 heavy (non-hydrogen) atoms. The summed E-state index contributed by atoms with van der Waals surface area (Å²) in [6.07, 6.45) is 13.9. The van der Waals surface area contributed by atoms with Crippen LogP contribution >= 0.6 is 11.3 Å². The predicted molar refractivity (Wildman–Crippen MR) is 112 cm³/mol. The quantitative estimate of drug-likeness (QED) is 0.239. The Morgan fingerprint density at radius 2 is 1.19 bits per heavy atom. The zero-order valence-corrected chi connectivity index (χ0v) is 17.0. The first-order valence-corrected chi connectivity index (χ1v) is 10.9. The second-order valence-electron chi connectivity index (χ2n) is 7.22. The molecule has 0 aliphatic rings. The first kappa shape index (κ1) is 21.4. The van der Waals surface area contributed by atoms with Crippen LogP contribution in [0.4, 0.5) is 0 Å². The normalized spacial score (nSPS) is 11.1.